The largest absolute Gasteiger partial charge is 0.507 e. The molecule has 1 saturated heterocycles. The van der Waals surface area contributed by atoms with E-state index in [-0.39, 0.29) is 26.9 Å². The minimum atomic E-state index is -0.966. The third-order valence-electron chi connectivity index (χ3n) is 5.50. The number of rotatable bonds is 6. The van der Waals surface area contributed by atoms with Crippen molar-refractivity contribution in [3.63, 3.8) is 0 Å². The van der Waals surface area contributed by atoms with Crippen LogP contribution in [-0.4, -0.2) is 30.5 Å². The zero-order valence-electron chi connectivity index (χ0n) is 18.7. The number of carbonyl (C=O) groups excluding carboxylic acids is 2. The van der Waals surface area contributed by atoms with Gasteiger partial charge in [0.25, 0.3) is 11.7 Å². The third kappa shape index (κ3) is 4.69. The normalized spacial score (nSPS) is 17.1. The monoisotopic (exact) mass is 531 g/mol. The fourth-order valence-electron chi connectivity index (χ4n) is 4.04. The molecule has 0 aliphatic carbocycles. The summed E-state index contributed by atoms with van der Waals surface area (Å²) < 4.78 is 10.9. The summed E-state index contributed by atoms with van der Waals surface area (Å²) in [4.78, 5) is 28.0. The first-order chi connectivity index (χ1) is 16.8. The van der Waals surface area contributed by atoms with Crippen LogP contribution in [0.25, 0.3) is 5.76 Å². The number of ketones is 1. The molecule has 0 spiro atoms. The molecule has 0 aromatic heterocycles. The van der Waals surface area contributed by atoms with E-state index in [1.807, 2.05) is 6.92 Å². The summed E-state index contributed by atoms with van der Waals surface area (Å²) >= 11 is 18.5. The van der Waals surface area contributed by atoms with Crippen molar-refractivity contribution in [1.82, 2.24) is 0 Å². The van der Waals surface area contributed by atoms with E-state index < -0.39 is 23.5 Å². The lowest BCUT2D eigenvalue weighted by atomic mass is 9.95. The number of hydrogen-bond donors (Lipinski definition) is 1. The number of Topliss-reactive ketones (excluding diaryl/α,β-unsaturated/α-hetero) is 1. The summed E-state index contributed by atoms with van der Waals surface area (Å²) in [7, 11) is 1.38. The number of aliphatic hydroxyl groups excluding tert-OH is 1. The number of methoxy groups -OCH3 is 1. The summed E-state index contributed by atoms with van der Waals surface area (Å²) in [5.74, 6) is -1.50. The van der Waals surface area contributed by atoms with Crippen LogP contribution in [0.5, 0.6) is 11.5 Å². The first kappa shape index (κ1) is 24.9. The molecule has 180 valence electrons. The van der Waals surface area contributed by atoms with Gasteiger partial charge in [-0.25, -0.2) is 0 Å². The molecule has 9 heteroatoms. The van der Waals surface area contributed by atoms with Gasteiger partial charge in [0.1, 0.15) is 17.3 Å². The average Bonchev–Trinajstić information content (AvgIpc) is 3.09. The Morgan fingerprint density at radius 3 is 2.37 bits per heavy atom. The highest BCUT2D eigenvalue weighted by Gasteiger charge is 2.47. The predicted molar refractivity (Wildman–Crippen MR) is 137 cm³/mol. The molecular formula is C26H20Cl3NO5. The van der Waals surface area contributed by atoms with Gasteiger partial charge in [-0.15, -0.1) is 0 Å². The molecule has 35 heavy (non-hydrogen) atoms. The van der Waals surface area contributed by atoms with Gasteiger partial charge in [0.15, 0.2) is 0 Å². The van der Waals surface area contributed by atoms with Gasteiger partial charge in [-0.2, -0.15) is 0 Å². The molecule has 1 atom stereocenters. The molecule has 1 fully saturated rings. The van der Waals surface area contributed by atoms with Crippen LogP contribution in [-0.2, 0) is 9.59 Å². The third-order valence-corrected chi connectivity index (χ3v) is 6.26. The minimum absolute atomic E-state index is 0.0880. The second-order valence-electron chi connectivity index (χ2n) is 7.62. The second kappa shape index (κ2) is 10.2. The molecule has 1 aliphatic heterocycles. The van der Waals surface area contributed by atoms with Crippen LogP contribution in [0.1, 0.15) is 24.1 Å². The van der Waals surface area contributed by atoms with Gasteiger partial charge >= 0.3 is 0 Å². The van der Waals surface area contributed by atoms with Gasteiger partial charge in [-0.3, -0.25) is 14.5 Å². The highest BCUT2D eigenvalue weighted by molar-refractivity contribution is 6.52. The summed E-state index contributed by atoms with van der Waals surface area (Å²) in [6.07, 6.45) is 0. The van der Waals surface area contributed by atoms with E-state index in [4.69, 9.17) is 44.3 Å². The first-order valence-electron chi connectivity index (χ1n) is 10.6. The SMILES string of the molecule is CCOc1cccc(N2C(=O)C(=O)/C(=C(/O)c3cc(Cl)cc(Cl)c3OC)C2c2ccc(Cl)cc2)c1. The highest BCUT2D eigenvalue weighted by atomic mass is 35.5. The molecule has 6 nitrogen and oxygen atoms in total. The molecule has 3 aromatic rings. The van der Waals surface area contributed by atoms with Crippen molar-refractivity contribution in [3.8, 4) is 11.5 Å². The number of hydrogen-bond acceptors (Lipinski definition) is 5. The van der Waals surface area contributed by atoms with Crippen LogP contribution in [0.2, 0.25) is 15.1 Å². The number of amides is 1. The standard InChI is InChI=1S/C26H20Cl3NO5/c1-3-35-18-6-4-5-17(13-18)30-22(14-7-9-15(27)10-8-14)21(24(32)26(30)33)23(31)19-11-16(28)12-20(29)25(19)34-2/h4-13,22,31H,3H2,1-2H3/b23-21+. The van der Waals surface area contributed by atoms with Gasteiger partial charge in [-0.1, -0.05) is 53.0 Å². The van der Waals surface area contributed by atoms with Crippen LogP contribution in [0.3, 0.4) is 0 Å². The highest BCUT2D eigenvalue weighted by Crippen LogP contribution is 2.45. The maximum absolute atomic E-state index is 13.4. The van der Waals surface area contributed by atoms with Crippen LogP contribution in [0.4, 0.5) is 5.69 Å². The van der Waals surface area contributed by atoms with Gasteiger partial charge in [-0.05, 0) is 48.9 Å². The Bertz CT molecular complexity index is 1340. The summed E-state index contributed by atoms with van der Waals surface area (Å²) in [5, 5.41) is 12.2. The van der Waals surface area contributed by atoms with Crippen molar-refractivity contribution in [2.45, 2.75) is 13.0 Å². The Hall–Kier alpha value is -3.19. The van der Waals surface area contributed by atoms with Crippen LogP contribution < -0.4 is 14.4 Å². The van der Waals surface area contributed by atoms with Crippen molar-refractivity contribution in [2.75, 3.05) is 18.6 Å². The maximum Gasteiger partial charge on any atom is 0.300 e. The summed E-state index contributed by atoms with van der Waals surface area (Å²) in [6, 6.07) is 15.4. The van der Waals surface area contributed by atoms with E-state index in [1.165, 1.54) is 24.1 Å². The van der Waals surface area contributed by atoms with Crippen LogP contribution in [0.15, 0.2) is 66.2 Å². The molecule has 1 amide bonds. The van der Waals surface area contributed by atoms with Crippen molar-refractivity contribution in [2.24, 2.45) is 0 Å². The molecule has 1 N–H and O–H groups in total. The quantitative estimate of drug-likeness (QED) is 0.218. The maximum atomic E-state index is 13.4. The Morgan fingerprint density at radius 1 is 1.00 bits per heavy atom. The lowest BCUT2D eigenvalue weighted by molar-refractivity contribution is -0.132. The molecule has 0 bridgehead atoms. The Kier molecular flexibility index (Phi) is 7.26. The minimum Gasteiger partial charge on any atom is -0.507 e. The lowest BCUT2D eigenvalue weighted by Gasteiger charge is -2.26. The van der Waals surface area contributed by atoms with Gasteiger partial charge in [0.2, 0.25) is 0 Å². The average molecular weight is 533 g/mol. The molecule has 1 heterocycles. The summed E-state index contributed by atoms with van der Waals surface area (Å²) in [5.41, 5.74) is 0.929. The number of benzene rings is 3. The zero-order valence-corrected chi connectivity index (χ0v) is 21.0. The van der Waals surface area contributed by atoms with Gasteiger partial charge in [0.05, 0.1) is 35.9 Å². The van der Waals surface area contributed by atoms with E-state index in [2.05, 4.69) is 0 Å². The van der Waals surface area contributed by atoms with Crippen molar-refractivity contribution >= 4 is 57.9 Å². The lowest BCUT2D eigenvalue weighted by Crippen LogP contribution is -2.29. The van der Waals surface area contributed by atoms with E-state index in [1.54, 1.807) is 48.5 Å². The fraction of sp³-hybridized carbons (Fsp3) is 0.154. The van der Waals surface area contributed by atoms with E-state index >= 15 is 0 Å². The molecule has 4 rings (SSSR count). The number of anilines is 1. The predicted octanol–water partition coefficient (Wildman–Crippen LogP) is 6.68. The van der Waals surface area contributed by atoms with E-state index in [0.717, 1.165) is 0 Å². The second-order valence-corrected chi connectivity index (χ2v) is 8.90. The van der Waals surface area contributed by atoms with Gasteiger partial charge < -0.3 is 14.6 Å². The Morgan fingerprint density at radius 2 is 1.71 bits per heavy atom. The van der Waals surface area contributed by atoms with Crippen molar-refractivity contribution in [3.05, 3.63) is 92.4 Å². The molecule has 1 aliphatic rings. The number of carbonyl (C=O) groups is 2. The van der Waals surface area contributed by atoms with Crippen molar-refractivity contribution in [1.29, 1.82) is 0 Å². The number of ether oxygens (including phenoxy) is 2. The molecule has 0 saturated carbocycles. The summed E-state index contributed by atoms with van der Waals surface area (Å²) in [6.45, 7) is 2.27. The fourth-order valence-corrected chi connectivity index (χ4v) is 4.73. The van der Waals surface area contributed by atoms with E-state index in [0.29, 0.717) is 28.6 Å². The topological polar surface area (TPSA) is 76.1 Å². The molecular weight excluding hydrogens is 513 g/mol. The number of halogens is 3. The first-order valence-corrected chi connectivity index (χ1v) is 11.7. The zero-order chi connectivity index (χ0) is 25.3. The molecule has 3 aromatic carbocycles. The van der Waals surface area contributed by atoms with Crippen LogP contribution in [0, 0.1) is 0 Å². The number of aliphatic hydroxyl groups is 1. The van der Waals surface area contributed by atoms with Crippen molar-refractivity contribution < 1.29 is 24.2 Å². The Labute approximate surface area is 217 Å². The van der Waals surface area contributed by atoms with Crippen LogP contribution >= 0.6 is 34.8 Å². The smallest absolute Gasteiger partial charge is 0.300 e. The number of nitrogens with zero attached hydrogens (tertiary/aromatic N) is 1. The molecule has 1 unspecified atom stereocenters. The van der Waals surface area contributed by atoms with Gasteiger partial charge in [0, 0.05) is 21.8 Å². The van der Waals surface area contributed by atoms with E-state index in [9.17, 15) is 14.7 Å². The molecule has 0 radical (unpaired) electrons. The Balaban J connectivity index is 1.98.